The van der Waals surface area contributed by atoms with Gasteiger partial charge in [-0.05, 0) is 31.2 Å². The minimum atomic E-state index is -0.359. The molecular formula is C13H12N2O2S. The van der Waals surface area contributed by atoms with E-state index in [9.17, 15) is 10.1 Å². The van der Waals surface area contributed by atoms with Crippen LogP contribution in [0.1, 0.15) is 11.9 Å². The van der Waals surface area contributed by atoms with E-state index >= 15 is 0 Å². The first kappa shape index (κ1) is 12.4. The highest BCUT2D eigenvalue weighted by Crippen LogP contribution is 2.27. The van der Waals surface area contributed by atoms with Crippen LogP contribution in [0.2, 0.25) is 0 Å². The molecule has 18 heavy (non-hydrogen) atoms. The second kappa shape index (κ2) is 5.55. The third-order valence-electron chi connectivity index (χ3n) is 2.40. The monoisotopic (exact) mass is 260 g/mol. The lowest BCUT2D eigenvalue weighted by Crippen LogP contribution is -1.95. The highest BCUT2D eigenvalue weighted by Gasteiger charge is 2.05. The summed E-state index contributed by atoms with van der Waals surface area (Å²) < 4.78 is 1.12. The van der Waals surface area contributed by atoms with E-state index < -0.39 is 0 Å². The number of aromatic nitrogens is 1. The van der Waals surface area contributed by atoms with Crippen LogP contribution in [0.25, 0.3) is 15.8 Å². The Hall–Kier alpha value is -2.01. The van der Waals surface area contributed by atoms with Gasteiger partial charge in [0.2, 0.25) is 6.54 Å². The minimum Gasteiger partial charge on any atom is -0.264 e. The first-order valence-electron chi connectivity index (χ1n) is 5.51. The maximum absolute atomic E-state index is 10.3. The Kier molecular flexibility index (Phi) is 3.84. The van der Waals surface area contributed by atoms with E-state index in [-0.39, 0.29) is 11.5 Å². The number of allylic oxidation sites excluding steroid dienone is 3. The van der Waals surface area contributed by atoms with E-state index in [1.165, 1.54) is 0 Å². The van der Waals surface area contributed by atoms with Gasteiger partial charge in [0.15, 0.2) is 0 Å². The summed E-state index contributed by atoms with van der Waals surface area (Å²) in [4.78, 5) is 14.4. The van der Waals surface area contributed by atoms with Crippen molar-refractivity contribution in [2.45, 2.75) is 6.92 Å². The Morgan fingerprint density at radius 1 is 1.50 bits per heavy atom. The van der Waals surface area contributed by atoms with E-state index in [0.29, 0.717) is 0 Å². The first-order valence-corrected chi connectivity index (χ1v) is 6.33. The molecule has 1 aromatic heterocycles. The Bertz CT molecular complexity index is 596. The molecule has 92 valence electrons. The summed E-state index contributed by atoms with van der Waals surface area (Å²) in [6, 6.07) is 7.90. The Labute approximate surface area is 108 Å². The predicted octanol–water partition coefficient (Wildman–Crippen LogP) is 3.53. The molecule has 0 saturated carbocycles. The van der Waals surface area contributed by atoms with Crippen molar-refractivity contribution in [2.75, 3.05) is 6.54 Å². The molecule has 0 amide bonds. The lowest BCUT2D eigenvalue weighted by Gasteiger charge is -1.93. The molecule has 0 spiro atoms. The van der Waals surface area contributed by atoms with Gasteiger partial charge in [-0.2, -0.15) is 0 Å². The largest absolute Gasteiger partial charge is 0.264 e. The van der Waals surface area contributed by atoms with E-state index in [1.54, 1.807) is 23.5 Å². The molecule has 0 N–H and O–H groups in total. The molecule has 0 bridgehead atoms. The minimum absolute atomic E-state index is 0.164. The number of hydrogen-bond acceptors (Lipinski definition) is 4. The molecule has 2 rings (SSSR count). The third-order valence-corrected chi connectivity index (χ3v) is 3.49. The third kappa shape index (κ3) is 2.81. The molecule has 5 heteroatoms. The zero-order chi connectivity index (χ0) is 13.0. The van der Waals surface area contributed by atoms with Crippen LogP contribution in [0.4, 0.5) is 0 Å². The smallest absolute Gasteiger partial charge is 0.222 e. The lowest BCUT2D eigenvalue weighted by atomic mass is 10.2. The van der Waals surface area contributed by atoms with Crippen molar-refractivity contribution in [1.82, 2.24) is 4.98 Å². The van der Waals surface area contributed by atoms with Gasteiger partial charge in [-0.25, -0.2) is 4.98 Å². The van der Waals surface area contributed by atoms with Crippen LogP contribution in [0.15, 0.2) is 42.5 Å². The van der Waals surface area contributed by atoms with Gasteiger partial charge in [-0.15, -0.1) is 11.3 Å². The molecule has 1 heterocycles. The fraction of sp³-hybridized carbons (Fsp3) is 0.154. The highest BCUT2D eigenvalue weighted by molar-refractivity contribution is 7.19. The fourth-order valence-electron chi connectivity index (χ4n) is 1.55. The van der Waals surface area contributed by atoms with Crippen molar-refractivity contribution in [3.05, 3.63) is 57.6 Å². The quantitative estimate of drug-likeness (QED) is 0.480. The zero-order valence-electron chi connectivity index (χ0n) is 9.87. The topological polar surface area (TPSA) is 56.0 Å². The number of nitro groups is 1. The van der Waals surface area contributed by atoms with Gasteiger partial charge in [-0.3, -0.25) is 10.1 Å². The predicted molar refractivity (Wildman–Crippen MR) is 74.3 cm³/mol. The number of hydrogen-bond donors (Lipinski definition) is 0. The van der Waals surface area contributed by atoms with Crippen molar-refractivity contribution in [3.8, 4) is 0 Å². The van der Waals surface area contributed by atoms with Crippen LogP contribution in [0.5, 0.6) is 0 Å². The number of para-hydroxylation sites is 1. The summed E-state index contributed by atoms with van der Waals surface area (Å²) in [5.41, 5.74) is 1.87. The first-order chi connectivity index (χ1) is 8.70. The zero-order valence-corrected chi connectivity index (χ0v) is 10.7. The molecular weight excluding hydrogens is 248 g/mol. The number of thiazole rings is 1. The molecule has 0 radical (unpaired) electrons. The normalized spacial score (nSPS) is 12.4. The van der Waals surface area contributed by atoms with Gasteiger partial charge >= 0.3 is 0 Å². The fourth-order valence-corrected chi connectivity index (χ4v) is 2.57. The Morgan fingerprint density at radius 2 is 2.28 bits per heavy atom. The van der Waals surface area contributed by atoms with Gasteiger partial charge < -0.3 is 0 Å². The average Bonchev–Trinajstić information content (AvgIpc) is 2.77. The molecule has 1 aromatic carbocycles. The summed E-state index contributed by atoms with van der Waals surface area (Å²) in [6.45, 7) is 1.74. The molecule has 4 nitrogen and oxygen atoms in total. The molecule has 0 atom stereocenters. The Morgan fingerprint density at radius 3 is 2.94 bits per heavy atom. The van der Waals surface area contributed by atoms with Crippen molar-refractivity contribution in [3.63, 3.8) is 0 Å². The van der Waals surface area contributed by atoms with Crippen molar-refractivity contribution in [2.24, 2.45) is 0 Å². The van der Waals surface area contributed by atoms with Gasteiger partial charge in [0.05, 0.1) is 10.2 Å². The van der Waals surface area contributed by atoms with E-state index in [2.05, 4.69) is 4.98 Å². The summed E-state index contributed by atoms with van der Waals surface area (Å²) in [6.07, 6.45) is 5.20. The summed E-state index contributed by atoms with van der Waals surface area (Å²) >= 11 is 1.59. The average molecular weight is 260 g/mol. The number of benzene rings is 1. The molecule has 0 aliphatic heterocycles. The maximum Gasteiger partial charge on any atom is 0.222 e. The summed E-state index contributed by atoms with van der Waals surface area (Å²) in [5, 5.41) is 11.2. The molecule has 0 aliphatic rings. The van der Waals surface area contributed by atoms with Crippen LogP contribution in [0, 0.1) is 10.1 Å². The maximum atomic E-state index is 10.3. The van der Waals surface area contributed by atoms with Crippen molar-refractivity contribution >= 4 is 27.1 Å². The van der Waals surface area contributed by atoms with Crippen LogP contribution >= 0.6 is 11.3 Å². The van der Waals surface area contributed by atoms with Crippen molar-refractivity contribution in [1.29, 1.82) is 0 Å². The number of nitrogens with zero attached hydrogens (tertiary/aromatic N) is 2. The van der Waals surface area contributed by atoms with Crippen LogP contribution in [0.3, 0.4) is 0 Å². The van der Waals surface area contributed by atoms with Gasteiger partial charge in [-0.1, -0.05) is 18.2 Å². The number of rotatable bonds is 4. The SMILES string of the molecule is C/C=C(\C=C/C[N+](=O)[O-])c1nc2ccccc2s1. The second-order valence-corrected chi connectivity index (χ2v) is 4.68. The van der Waals surface area contributed by atoms with Crippen LogP contribution in [-0.4, -0.2) is 16.5 Å². The van der Waals surface area contributed by atoms with Gasteiger partial charge in [0.1, 0.15) is 5.01 Å². The molecule has 0 unspecified atom stereocenters. The van der Waals surface area contributed by atoms with Gasteiger partial charge in [0, 0.05) is 10.5 Å². The molecule has 0 aliphatic carbocycles. The van der Waals surface area contributed by atoms with E-state index in [1.807, 2.05) is 37.3 Å². The molecule has 2 aromatic rings. The van der Waals surface area contributed by atoms with Crippen LogP contribution in [-0.2, 0) is 0 Å². The van der Waals surface area contributed by atoms with E-state index in [0.717, 1.165) is 20.8 Å². The van der Waals surface area contributed by atoms with Crippen LogP contribution < -0.4 is 0 Å². The number of fused-ring (bicyclic) bond motifs is 1. The highest BCUT2D eigenvalue weighted by atomic mass is 32.1. The Balaban J connectivity index is 2.27. The molecule has 0 fully saturated rings. The van der Waals surface area contributed by atoms with E-state index in [4.69, 9.17) is 0 Å². The second-order valence-electron chi connectivity index (χ2n) is 3.65. The van der Waals surface area contributed by atoms with Crippen molar-refractivity contribution < 1.29 is 4.92 Å². The van der Waals surface area contributed by atoms with Gasteiger partial charge in [0.25, 0.3) is 0 Å². The summed E-state index contributed by atoms with van der Waals surface area (Å²) in [7, 11) is 0. The molecule has 0 saturated heterocycles. The lowest BCUT2D eigenvalue weighted by molar-refractivity contribution is -0.468. The summed E-state index contributed by atoms with van der Waals surface area (Å²) in [5.74, 6) is 0. The standard InChI is InChI=1S/C13H12N2O2S/c1-2-10(6-5-9-15(16)17)13-14-11-7-3-4-8-12(11)18-13/h2-8H,9H2,1H3/b6-5-,10-2+.